The highest BCUT2D eigenvalue weighted by atomic mass is 16.5. The van der Waals surface area contributed by atoms with Gasteiger partial charge in [0.2, 0.25) is 11.8 Å². The number of carbonyl (C=O) groups excluding carboxylic acids is 3. The lowest BCUT2D eigenvalue weighted by atomic mass is 9.99. The molecule has 0 saturated carbocycles. The number of fused-ring (bicyclic) bond motifs is 1. The number of aromatic nitrogens is 1. The van der Waals surface area contributed by atoms with Crippen molar-refractivity contribution >= 4 is 17.7 Å². The van der Waals surface area contributed by atoms with Crippen LogP contribution < -0.4 is 10.1 Å². The summed E-state index contributed by atoms with van der Waals surface area (Å²) >= 11 is 0. The molecule has 0 bridgehead atoms. The van der Waals surface area contributed by atoms with Crippen LogP contribution in [-0.2, 0) is 22.6 Å². The number of unbranched alkanes of at least 4 members (excludes halogenated alkanes) is 1. The lowest BCUT2D eigenvalue weighted by molar-refractivity contribution is -0.136. The number of ether oxygens (including phenoxy) is 1. The number of aryl methyl sites for hydroxylation is 1. The number of pyridine rings is 1. The van der Waals surface area contributed by atoms with Crippen molar-refractivity contribution in [3.05, 3.63) is 58.9 Å². The zero-order valence-electron chi connectivity index (χ0n) is 17.1. The number of carbonyl (C=O) groups is 3. The number of nitrogens with zero attached hydrogens (tertiary/aromatic N) is 2. The van der Waals surface area contributed by atoms with Gasteiger partial charge in [0.25, 0.3) is 5.91 Å². The van der Waals surface area contributed by atoms with E-state index in [2.05, 4.69) is 16.2 Å². The van der Waals surface area contributed by atoms with E-state index in [9.17, 15) is 14.4 Å². The Balaban J connectivity index is 1.32. The van der Waals surface area contributed by atoms with Crippen LogP contribution in [0.2, 0.25) is 0 Å². The Kier molecular flexibility index (Phi) is 5.99. The average molecular weight is 417 g/mol. The molecule has 0 radical (unpaired) electrons. The van der Waals surface area contributed by atoms with Gasteiger partial charge in [0.05, 0.1) is 12.8 Å². The first-order valence-corrected chi connectivity index (χ1v) is 10.4. The van der Waals surface area contributed by atoms with E-state index in [1.807, 2.05) is 18.2 Å². The molecular formula is C24H23N3O4. The van der Waals surface area contributed by atoms with Crippen LogP contribution in [-0.4, -0.2) is 40.3 Å². The molecule has 158 valence electrons. The maximum absolute atomic E-state index is 12.9. The second-order valence-corrected chi connectivity index (χ2v) is 7.67. The molecule has 1 aromatic heterocycles. The highest BCUT2D eigenvalue weighted by molar-refractivity contribution is 6.05. The summed E-state index contributed by atoms with van der Waals surface area (Å²) in [6, 6.07) is 8.69. The van der Waals surface area contributed by atoms with Gasteiger partial charge in [-0.3, -0.25) is 19.7 Å². The number of hydrogen-bond acceptors (Lipinski definition) is 5. The predicted molar refractivity (Wildman–Crippen MR) is 113 cm³/mol. The minimum absolute atomic E-state index is 0.141. The summed E-state index contributed by atoms with van der Waals surface area (Å²) in [5.41, 5.74) is 3.32. The first-order valence-electron chi connectivity index (χ1n) is 10.4. The van der Waals surface area contributed by atoms with Gasteiger partial charge in [0.1, 0.15) is 17.5 Å². The van der Waals surface area contributed by atoms with Crippen LogP contribution in [0.25, 0.3) is 0 Å². The third kappa shape index (κ3) is 4.43. The third-order valence-corrected chi connectivity index (χ3v) is 5.67. The number of nitrogens with one attached hydrogen (secondary N) is 1. The summed E-state index contributed by atoms with van der Waals surface area (Å²) in [5, 5.41) is 2.34. The molecular weight excluding hydrogens is 394 g/mol. The molecule has 7 heteroatoms. The van der Waals surface area contributed by atoms with Crippen molar-refractivity contribution in [3.8, 4) is 18.1 Å². The van der Waals surface area contributed by atoms with Crippen molar-refractivity contribution in [3.63, 3.8) is 0 Å². The molecule has 2 aliphatic rings. The third-order valence-electron chi connectivity index (χ3n) is 5.67. The number of terminal acetylenes is 1. The Hall–Kier alpha value is -3.66. The van der Waals surface area contributed by atoms with Crippen LogP contribution >= 0.6 is 0 Å². The van der Waals surface area contributed by atoms with Crippen LogP contribution in [0.3, 0.4) is 0 Å². The molecule has 0 aliphatic carbocycles. The Morgan fingerprint density at radius 2 is 2.06 bits per heavy atom. The van der Waals surface area contributed by atoms with Gasteiger partial charge in [-0.1, -0.05) is 18.1 Å². The molecule has 2 aromatic rings. The predicted octanol–water partition coefficient (Wildman–Crippen LogP) is 2.23. The van der Waals surface area contributed by atoms with Crippen molar-refractivity contribution in [1.29, 1.82) is 0 Å². The summed E-state index contributed by atoms with van der Waals surface area (Å²) in [6.07, 6.45) is 10.1. The molecule has 1 atom stereocenters. The standard InChI is InChI=1S/C24H23N3O4/c1-2-17-9-10-18(14-25-17)31-13-4-3-6-16-7-5-8-19-20(16)15-27(24(19)30)21-11-12-22(28)26-23(21)29/h1,5,7-10,14,21H,3-4,6,11-13,15H2,(H,26,28,29). The van der Waals surface area contributed by atoms with E-state index in [-0.39, 0.29) is 24.1 Å². The SMILES string of the molecule is C#Cc1ccc(OCCCCc2cccc3c2CN(C2CCC(=O)NC2=O)C3=O)cn1. The van der Waals surface area contributed by atoms with Gasteiger partial charge in [-0.15, -0.1) is 6.42 Å². The van der Waals surface area contributed by atoms with Crippen molar-refractivity contribution in [2.45, 2.75) is 44.7 Å². The summed E-state index contributed by atoms with van der Waals surface area (Å²) in [7, 11) is 0. The highest BCUT2D eigenvalue weighted by Gasteiger charge is 2.39. The summed E-state index contributed by atoms with van der Waals surface area (Å²) < 4.78 is 5.70. The summed E-state index contributed by atoms with van der Waals surface area (Å²) in [5.74, 6) is 2.34. The number of amides is 3. The lowest BCUT2D eigenvalue weighted by Crippen LogP contribution is -2.52. The maximum atomic E-state index is 12.9. The normalized spacial score (nSPS) is 17.8. The van der Waals surface area contributed by atoms with Crippen molar-refractivity contribution in [2.24, 2.45) is 0 Å². The van der Waals surface area contributed by atoms with Gasteiger partial charge < -0.3 is 9.64 Å². The number of rotatable bonds is 7. The zero-order chi connectivity index (χ0) is 21.8. The Bertz CT molecular complexity index is 1060. The second-order valence-electron chi connectivity index (χ2n) is 7.67. The summed E-state index contributed by atoms with van der Waals surface area (Å²) in [4.78, 5) is 42.2. The number of imide groups is 1. The lowest BCUT2D eigenvalue weighted by Gasteiger charge is -2.29. The smallest absolute Gasteiger partial charge is 0.255 e. The summed E-state index contributed by atoms with van der Waals surface area (Å²) in [6.45, 7) is 0.966. The van der Waals surface area contributed by atoms with E-state index in [1.54, 1.807) is 23.2 Å². The molecule has 2 aliphatic heterocycles. The minimum atomic E-state index is -0.590. The van der Waals surface area contributed by atoms with E-state index < -0.39 is 6.04 Å². The molecule has 4 rings (SSSR count). The fourth-order valence-electron chi connectivity index (χ4n) is 4.04. The Labute approximate surface area is 180 Å². The molecule has 1 aromatic carbocycles. The van der Waals surface area contributed by atoms with Gasteiger partial charge in [-0.25, -0.2) is 4.98 Å². The van der Waals surface area contributed by atoms with Gasteiger partial charge in [0.15, 0.2) is 0 Å². The molecule has 1 saturated heterocycles. The number of hydrogen-bond donors (Lipinski definition) is 1. The van der Waals surface area contributed by atoms with E-state index in [4.69, 9.17) is 11.2 Å². The van der Waals surface area contributed by atoms with Crippen LogP contribution in [0.1, 0.15) is 52.9 Å². The first kappa shape index (κ1) is 20.6. The van der Waals surface area contributed by atoms with Gasteiger partial charge in [-0.05, 0) is 55.0 Å². The highest BCUT2D eigenvalue weighted by Crippen LogP contribution is 2.30. The Morgan fingerprint density at radius 3 is 2.81 bits per heavy atom. The van der Waals surface area contributed by atoms with E-state index in [0.29, 0.717) is 36.6 Å². The molecule has 3 amide bonds. The van der Waals surface area contributed by atoms with Gasteiger partial charge >= 0.3 is 0 Å². The monoisotopic (exact) mass is 417 g/mol. The van der Waals surface area contributed by atoms with Crippen molar-refractivity contribution in [2.75, 3.05) is 6.61 Å². The molecule has 0 spiro atoms. The van der Waals surface area contributed by atoms with E-state index in [0.717, 1.165) is 30.4 Å². The van der Waals surface area contributed by atoms with Crippen LogP contribution in [0.4, 0.5) is 0 Å². The quantitative estimate of drug-likeness (QED) is 0.424. The number of piperidine rings is 1. The fourth-order valence-corrected chi connectivity index (χ4v) is 4.04. The number of benzene rings is 1. The minimum Gasteiger partial charge on any atom is -0.492 e. The molecule has 1 fully saturated rings. The van der Waals surface area contributed by atoms with Crippen LogP contribution in [0, 0.1) is 12.3 Å². The van der Waals surface area contributed by atoms with Gasteiger partial charge in [-0.2, -0.15) is 0 Å². The molecule has 1 N–H and O–H groups in total. The average Bonchev–Trinajstić information content (AvgIpc) is 3.11. The fraction of sp³-hybridized carbons (Fsp3) is 0.333. The van der Waals surface area contributed by atoms with Gasteiger partial charge in [0, 0.05) is 18.5 Å². The molecule has 1 unspecified atom stereocenters. The topological polar surface area (TPSA) is 88.6 Å². The second kappa shape index (κ2) is 9.00. The van der Waals surface area contributed by atoms with E-state index >= 15 is 0 Å². The molecule has 31 heavy (non-hydrogen) atoms. The van der Waals surface area contributed by atoms with E-state index in [1.165, 1.54) is 0 Å². The van der Waals surface area contributed by atoms with Crippen molar-refractivity contribution < 1.29 is 19.1 Å². The van der Waals surface area contributed by atoms with Crippen LogP contribution in [0.15, 0.2) is 36.5 Å². The zero-order valence-corrected chi connectivity index (χ0v) is 17.1. The molecule has 3 heterocycles. The maximum Gasteiger partial charge on any atom is 0.255 e. The first-order chi connectivity index (χ1) is 15.1. The van der Waals surface area contributed by atoms with Crippen molar-refractivity contribution in [1.82, 2.24) is 15.2 Å². The largest absolute Gasteiger partial charge is 0.492 e. The van der Waals surface area contributed by atoms with Crippen LogP contribution in [0.5, 0.6) is 5.75 Å². The Morgan fingerprint density at radius 1 is 1.19 bits per heavy atom. The molecule has 7 nitrogen and oxygen atoms in total.